The molecule has 4 heteroatoms. The van der Waals surface area contributed by atoms with Crippen molar-refractivity contribution < 1.29 is 9.63 Å². The van der Waals surface area contributed by atoms with Crippen LogP contribution in [0.1, 0.15) is 33.6 Å². The summed E-state index contributed by atoms with van der Waals surface area (Å²) in [6, 6.07) is 0. The van der Waals surface area contributed by atoms with Crippen molar-refractivity contribution in [2.45, 2.75) is 57.8 Å². The maximum Gasteiger partial charge on any atom is 0.192 e. The zero-order chi connectivity index (χ0) is 12.8. The van der Waals surface area contributed by atoms with Gasteiger partial charge < -0.3 is 9.63 Å². The molecule has 0 aromatic rings. The molecule has 0 saturated carbocycles. The Morgan fingerprint density at radius 2 is 1.94 bits per heavy atom. The quantitative estimate of drug-likeness (QED) is 0.253. The lowest BCUT2D eigenvalue weighted by atomic mass is 10.2. The van der Waals surface area contributed by atoms with Crippen LogP contribution in [0.3, 0.4) is 0 Å². The molecule has 0 aliphatic heterocycles. The molecule has 0 bridgehead atoms. The van der Waals surface area contributed by atoms with Gasteiger partial charge in [-0.3, -0.25) is 0 Å². The molecule has 0 aliphatic rings. The maximum absolute atomic E-state index is 8.44. The minimum atomic E-state index is -1.75. The van der Waals surface area contributed by atoms with E-state index in [-0.39, 0.29) is 11.1 Å². The Labute approximate surface area is 100 Å². The summed E-state index contributed by atoms with van der Waals surface area (Å²) in [5.41, 5.74) is 0. The number of nitrogens with zero attached hydrogens (tertiary/aromatic N) is 1. The van der Waals surface area contributed by atoms with Crippen LogP contribution in [0.5, 0.6) is 0 Å². The van der Waals surface area contributed by atoms with Crippen LogP contribution in [-0.2, 0) is 4.43 Å². The molecule has 0 rings (SSSR count). The molecule has 3 nitrogen and oxygen atoms in total. The van der Waals surface area contributed by atoms with Crippen molar-refractivity contribution in [3.8, 4) is 0 Å². The summed E-state index contributed by atoms with van der Waals surface area (Å²) in [7, 11) is -1.75. The molecule has 0 aliphatic carbocycles. The van der Waals surface area contributed by atoms with Crippen LogP contribution >= 0.6 is 0 Å². The molecule has 1 atom stereocenters. The molecule has 1 N–H and O–H groups in total. The Bertz CT molecular complexity index is 244. The average molecular weight is 243 g/mol. The van der Waals surface area contributed by atoms with E-state index in [1.165, 1.54) is 6.21 Å². The van der Waals surface area contributed by atoms with Crippen molar-refractivity contribution in [2.75, 3.05) is 0 Å². The highest BCUT2D eigenvalue weighted by Crippen LogP contribution is 2.37. The second kappa shape index (κ2) is 6.20. The Kier molecular flexibility index (Phi) is 5.97. The third-order valence-electron chi connectivity index (χ3n) is 3.15. The van der Waals surface area contributed by atoms with Gasteiger partial charge in [0, 0.05) is 12.6 Å². The van der Waals surface area contributed by atoms with Crippen LogP contribution in [-0.4, -0.2) is 25.8 Å². The fraction of sp³-hybridized carbons (Fsp3) is 0.750. The van der Waals surface area contributed by atoms with E-state index in [0.717, 1.165) is 6.42 Å². The summed E-state index contributed by atoms with van der Waals surface area (Å²) < 4.78 is 6.21. The van der Waals surface area contributed by atoms with Gasteiger partial charge in [0.05, 0.1) is 6.10 Å². The molecule has 0 spiro atoms. The summed E-state index contributed by atoms with van der Waals surface area (Å²) in [6.07, 6.45) is 4.84. The van der Waals surface area contributed by atoms with Crippen LogP contribution in [0.25, 0.3) is 0 Å². The lowest BCUT2D eigenvalue weighted by Gasteiger charge is -2.39. The van der Waals surface area contributed by atoms with E-state index in [0.29, 0.717) is 6.42 Å². The van der Waals surface area contributed by atoms with Crippen LogP contribution in [0.4, 0.5) is 0 Å². The molecule has 16 heavy (non-hydrogen) atoms. The summed E-state index contributed by atoms with van der Waals surface area (Å²) in [5, 5.41) is 11.7. The van der Waals surface area contributed by atoms with Gasteiger partial charge in [0.1, 0.15) is 0 Å². The molecular formula is C12H25NO2Si. The van der Waals surface area contributed by atoms with Gasteiger partial charge in [0.15, 0.2) is 8.32 Å². The Hall–Kier alpha value is -0.613. The first-order chi connectivity index (χ1) is 7.24. The van der Waals surface area contributed by atoms with Gasteiger partial charge in [0.25, 0.3) is 0 Å². The van der Waals surface area contributed by atoms with Gasteiger partial charge in [-0.15, -0.1) is 11.7 Å². The second-order valence-corrected chi connectivity index (χ2v) is 10.3. The number of hydrogen-bond acceptors (Lipinski definition) is 3. The van der Waals surface area contributed by atoms with Crippen LogP contribution in [0.2, 0.25) is 18.1 Å². The molecule has 0 heterocycles. The molecule has 0 radical (unpaired) electrons. The van der Waals surface area contributed by atoms with Crippen molar-refractivity contribution in [2.24, 2.45) is 5.16 Å². The fourth-order valence-corrected chi connectivity index (χ4v) is 2.52. The number of hydrogen-bond donors (Lipinski definition) is 1. The largest absolute Gasteiger partial charge is 0.413 e. The molecular weight excluding hydrogens is 218 g/mol. The highest BCUT2D eigenvalue weighted by Gasteiger charge is 2.38. The third-order valence-corrected chi connectivity index (χ3v) is 7.68. The fourth-order valence-electron chi connectivity index (χ4n) is 1.14. The van der Waals surface area contributed by atoms with Crippen LogP contribution < -0.4 is 0 Å². The smallest absolute Gasteiger partial charge is 0.192 e. The Balaban J connectivity index is 4.54. The predicted molar refractivity (Wildman–Crippen MR) is 71.8 cm³/mol. The third kappa shape index (κ3) is 4.94. The van der Waals surface area contributed by atoms with Gasteiger partial charge in [-0.2, -0.15) is 0 Å². The first-order valence-electron chi connectivity index (χ1n) is 5.69. The van der Waals surface area contributed by atoms with Gasteiger partial charge in [-0.25, -0.2) is 0 Å². The lowest BCUT2D eigenvalue weighted by Crippen LogP contribution is -2.43. The van der Waals surface area contributed by atoms with E-state index in [1.54, 1.807) is 0 Å². The van der Waals surface area contributed by atoms with Crippen molar-refractivity contribution in [3.63, 3.8) is 0 Å². The van der Waals surface area contributed by atoms with Gasteiger partial charge in [0.2, 0.25) is 0 Å². The van der Waals surface area contributed by atoms with Crippen LogP contribution in [0.15, 0.2) is 17.8 Å². The summed E-state index contributed by atoms with van der Waals surface area (Å²) in [6.45, 7) is 14.8. The van der Waals surface area contributed by atoms with E-state index < -0.39 is 8.32 Å². The van der Waals surface area contributed by atoms with E-state index in [9.17, 15) is 0 Å². The molecule has 0 amide bonds. The second-order valence-electron chi connectivity index (χ2n) is 5.56. The topological polar surface area (TPSA) is 41.8 Å². The highest BCUT2D eigenvalue weighted by molar-refractivity contribution is 6.74. The molecule has 94 valence electrons. The normalized spacial score (nSPS) is 15.3. The van der Waals surface area contributed by atoms with E-state index in [4.69, 9.17) is 9.63 Å². The van der Waals surface area contributed by atoms with E-state index >= 15 is 0 Å². The van der Waals surface area contributed by atoms with E-state index in [1.807, 2.05) is 6.08 Å². The van der Waals surface area contributed by atoms with Gasteiger partial charge in [-0.05, 0) is 24.6 Å². The standard InChI is InChI=1S/C12H25NO2Si/c1-7-8-11(9-10-13-14)15-16(5,6)12(2,3)4/h7,10-11,14H,1,8-9H2,2-6H3/b13-10+. The highest BCUT2D eigenvalue weighted by atomic mass is 28.4. The van der Waals surface area contributed by atoms with Gasteiger partial charge in [-0.1, -0.05) is 26.8 Å². The summed E-state index contributed by atoms with van der Waals surface area (Å²) >= 11 is 0. The monoisotopic (exact) mass is 243 g/mol. The molecule has 0 fully saturated rings. The molecule has 1 unspecified atom stereocenters. The Morgan fingerprint density at radius 3 is 2.31 bits per heavy atom. The lowest BCUT2D eigenvalue weighted by molar-refractivity contribution is 0.190. The first-order valence-corrected chi connectivity index (χ1v) is 8.60. The zero-order valence-electron chi connectivity index (χ0n) is 11.2. The SMILES string of the molecule is C=CCC(C/C=N/O)O[Si](C)(C)C(C)(C)C. The number of rotatable bonds is 6. The van der Waals surface area contributed by atoms with E-state index in [2.05, 4.69) is 45.6 Å². The molecule has 0 aromatic heterocycles. The van der Waals surface area contributed by atoms with Crippen LogP contribution in [0, 0.1) is 0 Å². The maximum atomic E-state index is 8.44. The van der Waals surface area contributed by atoms with Crippen molar-refractivity contribution in [3.05, 3.63) is 12.7 Å². The van der Waals surface area contributed by atoms with Gasteiger partial charge >= 0.3 is 0 Å². The van der Waals surface area contributed by atoms with Crippen molar-refractivity contribution >= 4 is 14.5 Å². The summed E-state index contributed by atoms with van der Waals surface area (Å²) in [5.74, 6) is 0. The minimum absolute atomic E-state index is 0.0780. The Morgan fingerprint density at radius 1 is 1.38 bits per heavy atom. The average Bonchev–Trinajstić information content (AvgIpc) is 2.12. The van der Waals surface area contributed by atoms with Crippen molar-refractivity contribution in [1.82, 2.24) is 0 Å². The number of oxime groups is 1. The molecule has 0 aromatic carbocycles. The summed E-state index contributed by atoms with van der Waals surface area (Å²) in [4.78, 5) is 0. The van der Waals surface area contributed by atoms with Crippen molar-refractivity contribution in [1.29, 1.82) is 0 Å². The minimum Gasteiger partial charge on any atom is -0.413 e. The first kappa shape index (κ1) is 15.4. The molecule has 0 saturated heterocycles. The zero-order valence-corrected chi connectivity index (χ0v) is 12.2. The predicted octanol–water partition coefficient (Wildman–Crippen LogP) is 3.80.